The minimum Gasteiger partial charge on any atom is -0.369 e. The van der Waals surface area contributed by atoms with E-state index in [0.717, 1.165) is 12.8 Å². The molecule has 0 saturated carbocycles. The SMILES string of the molecule is CCCCN(CC(N)=O)CC(=O)Nc1ccc(F)c(Cl)c1. The van der Waals surface area contributed by atoms with E-state index in [9.17, 15) is 14.0 Å². The second-order valence-electron chi connectivity index (χ2n) is 4.71. The lowest BCUT2D eigenvalue weighted by molar-refractivity contribution is -0.121. The van der Waals surface area contributed by atoms with E-state index >= 15 is 0 Å². The topological polar surface area (TPSA) is 75.4 Å². The molecular weight excluding hydrogens is 297 g/mol. The Morgan fingerprint density at radius 3 is 2.67 bits per heavy atom. The lowest BCUT2D eigenvalue weighted by atomic mass is 10.3. The molecule has 0 bridgehead atoms. The van der Waals surface area contributed by atoms with Crippen molar-refractivity contribution in [3.63, 3.8) is 0 Å². The van der Waals surface area contributed by atoms with Crippen molar-refractivity contribution in [2.45, 2.75) is 19.8 Å². The van der Waals surface area contributed by atoms with E-state index in [2.05, 4.69) is 5.32 Å². The number of nitrogens with one attached hydrogen (secondary N) is 1. The summed E-state index contributed by atoms with van der Waals surface area (Å²) in [6.45, 7) is 2.69. The lowest BCUT2D eigenvalue weighted by Gasteiger charge is -2.19. The molecule has 1 aromatic rings. The monoisotopic (exact) mass is 315 g/mol. The zero-order chi connectivity index (χ0) is 15.8. The standard InChI is InChI=1S/C14H19ClFN3O2/c1-2-3-6-19(8-13(17)20)9-14(21)18-10-4-5-12(16)11(15)7-10/h4-5,7H,2-3,6,8-9H2,1H3,(H2,17,20)(H,18,21). The molecule has 1 rings (SSSR count). The normalized spacial score (nSPS) is 10.7. The van der Waals surface area contributed by atoms with Crippen LogP contribution >= 0.6 is 11.6 Å². The first-order chi connectivity index (χ1) is 9.92. The number of hydrogen-bond donors (Lipinski definition) is 2. The first-order valence-electron chi connectivity index (χ1n) is 6.68. The second kappa shape index (κ2) is 8.59. The molecule has 1 aromatic carbocycles. The number of amides is 2. The van der Waals surface area contributed by atoms with Crippen LogP contribution in [0.3, 0.4) is 0 Å². The lowest BCUT2D eigenvalue weighted by Crippen LogP contribution is -2.39. The maximum absolute atomic E-state index is 13.0. The van der Waals surface area contributed by atoms with E-state index in [0.29, 0.717) is 12.2 Å². The summed E-state index contributed by atoms with van der Waals surface area (Å²) < 4.78 is 13.0. The van der Waals surface area contributed by atoms with Gasteiger partial charge in [-0.15, -0.1) is 0 Å². The third kappa shape index (κ3) is 6.55. The molecule has 0 aliphatic carbocycles. The smallest absolute Gasteiger partial charge is 0.238 e. The summed E-state index contributed by atoms with van der Waals surface area (Å²) in [4.78, 5) is 24.6. The highest BCUT2D eigenvalue weighted by atomic mass is 35.5. The van der Waals surface area contributed by atoms with Crippen LogP contribution in [0.1, 0.15) is 19.8 Å². The number of carbonyl (C=O) groups excluding carboxylic acids is 2. The fraction of sp³-hybridized carbons (Fsp3) is 0.429. The molecule has 0 saturated heterocycles. The van der Waals surface area contributed by atoms with Crippen molar-refractivity contribution in [1.82, 2.24) is 4.90 Å². The molecule has 0 spiro atoms. The Balaban J connectivity index is 2.59. The predicted molar refractivity (Wildman–Crippen MR) is 80.6 cm³/mol. The van der Waals surface area contributed by atoms with Gasteiger partial charge in [-0.25, -0.2) is 4.39 Å². The minimum atomic E-state index is -0.548. The Bertz CT molecular complexity index is 511. The van der Waals surface area contributed by atoms with Crippen LogP contribution in [0.5, 0.6) is 0 Å². The van der Waals surface area contributed by atoms with Gasteiger partial charge < -0.3 is 11.1 Å². The summed E-state index contributed by atoms with van der Waals surface area (Å²) in [5.41, 5.74) is 5.56. The highest BCUT2D eigenvalue weighted by Gasteiger charge is 2.13. The van der Waals surface area contributed by atoms with Gasteiger partial charge in [0.2, 0.25) is 11.8 Å². The number of hydrogen-bond acceptors (Lipinski definition) is 3. The van der Waals surface area contributed by atoms with Crippen LogP contribution in [0, 0.1) is 5.82 Å². The van der Waals surface area contributed by atoms with Gasteiger partial charge in [0.25, 0.3) is 0 Å². The molecule has 2 amide bonds. The fourth-order valence-electron chi connectivity index (χ4n) is 1.79. The second-order valence-corrected chi connectivity index (χ2v) is 5.11. The average molecular weight is 316 g/mol. The van der Waals surface area contributed by atoms with Crippen LogP contribution in [0.15, 0.2) is 18.2 Å². The summed E-state index contributed by atoms with van der Waals surface area (Å²) in [6.07, 6.45) is 1.81. The van der Waals surface area contributed by atoms with E-state index in [1.807, 2.05) is 6.92 Å². The van der Waals surface area contributed by atoms with Crippen molar-refractivity contribution in [3.05, 3.63) is 29.0 Å². The van der Waals surface area contributed by atoms with Crippen LogP contribution in [0.25, 0.3) is 0 Å². The quantitative estimate of drug-likeness (QED) is 0.770. The van der Waals surface area contributed by atoms with Crippen molar-refractivity contribution in [2.75, 3.05) is 25.0 Å². The van der Waals surface area contributed by atoms with Gasteiger partial charge in [-0.3, -0.25) is 14.5 Å². The molecule has 0 radical (unpaired) electrons. The number of carbonyl (C=O) groups is 2. The van der Waals surface area contributed by atoms with Gasteiger partial charge in [-0.05, 0) is 31.2 Å². The van der Waals surface area contributed by atoms with Crippen LogP contribution in [0.4, 0.5) is 10.1 Å². The first-order valence-corrected chi connectivity index (χ1v) is 7.05. The minimum absolute atomic E-state index is 0.0254. The summed E-state index contributed by atoms with van der Waals surface area (Å²) in [7, 11) is 0. The zero-order valence-electron chi connectivity index (χ0n) is 11.9. The van der Waals surface area contributed by atoms with Gasteiger partial charge >= 0.3 is 0 Å². The average Bonchev–Trinajstić information content (AvgIpc) is 2.39. The number of anilines is 1. The molecule has 0 aliphatic heterocycles. The Labute approximate surface area is 128 Å². The Morgan fingerprint density at radius 2 is 2.10 bits per heavy atom. The maximum Gasteiger partial charge on any atom is 0.238 e. The zero-order valence-corrected chi connectivity index (χ0v) is 12.6. The van der Waals surface area contributed by atoms with Crippen LogP contribution in [0.2, 0.25) is 5.02 Å². The number of benzene rings is 1. The molecule has 0 heterocycles. The van der Waals surface area contributed by atoms with Gasteiger partial charge in [-0.2, -0.15) is 0 Å². The molecule has 116 valence electrons. The molecule has 3 N–H and O–H groups in total. The van der Waals surface area contributed by atoms with Crippen molar-refractivity contribution in [2.24, 2.45) is 5.73 Å². The van der Waals surface area contributed by atoms with E-state index in [1.165, 1.54) is 18.2 Å². The molecule has 0 unspecified atom stereocenters. The largest absolute Gasteiger partial charge is 0.369 e. The Kier molecular flexibility index (Phi) is 7.11. The van der Waals surface area contributed by atoms with E-state index in [4.69, 9.17) is 17.3 Å². The molecule has 0 atom stereocenters. The third-order valence-corrected chi connectivity index (χ3v) is 3.07. The maximum atomic E-state index is 13.0. The van der Waals surface area contributed by atoms with Crippen molar-refractivity contribution in [1.29, 1.82) is 0 Å². The van der Waals surface area contributed by atoms with Gasteiger partial charge in [0.15, 0.2) is 0 Å². The number of nitrogens with two attached hydrogens (primary N) is 1. The predicted octanol–water partition coefficient (Wildman–Crippen LogP) is 2.00. The molecule has 5 nitrogen and oxygen atoms in total. The highest BCUT2D eigenvalue weighted by Crippen LogP contribution is 2.19. The number of nitrogens with zero attached hydrogens (tertiary/aromatic N) is 1. The van der Waals surface area contributed by atoms with E-state index in [-0.39, 0.29) is 24.0 Å². The summed E-state index contributed by atoms with van der Waals surface area (Å²) in [6, 6.07) is 3.93. The summed E-state index contributed by atoms with van der Waals surface area (Å²) >= 11 is 5.64. The van der Waals surface area contributed by atoms with Gasteiger partial charge in [0.05, 0.1) is 18.1 Å². The number of rotatable bonds is 8. The fourth-order valence-corrected chi connectivity index (χ4v) is 1.97. The number of primary amides is 1. The molecule has 0 aromatic heterocycles. The number of halogens is 2. The van der Waals surface area contributed by atoms with Crippen LogP contribution in [-0.2, 0) is 9.59 Å². The Hall–Kier alpha value is -1.66. The molecule has 0 fully saturated rings. The summed E-state index contributed by atoms with van der Waals surface area (Å²) in [5, 5.41) is 2.54. The van der Waals surface area contributed by atoms with Gasteiger partial charge in [0.1, 0.15) is 5.82 Å². The molecule has 0 aliphatic rings. The highest BCUT2D eigenvalue weighted by molar-refractivity contribution is 6.31. The third-order valence-electron chi connectivity index (χ3n) is 2.78. The van der Waals surface area contributed by atoms with Crippen molar-refractivity contribution < 1.29 is 14.0 Å². The summed E-state index contributed by atoms with van der Waals surface area (Å²) in [5.74, 6) is -1.34. The molecular formula is C14H19ClFN3O2. The Morgan fingerprint density at radius 1 is 1.38 bits per heavy atom. The molecule has 21 heavy (non-hydrogen) atoms. The number of unbranched alkanes of at least 4 members (excludes halogenated alkanes) is 1. The van der Waals surface area contributed by atoms with Crippen molar-refractivity contribution >= 4 is 29.1 Å². The van der Waals surface area contributed by atoms with Crippen LogP contribution in [-0.4, -0.2) is 36.3 Å². The van der Waals surface area contributed by atoms with E-state index < -0.39 is 11.7 Å². The van der Waals surface area contributed by atoms with E-state index in [1.54, 1.807) is 4.90 Å². The van der Waals surface area contributed by atoms with Crippen molar-refractivity contribution in [3.8, 4) is 0 Å². The molecule has 7 heteroatoms. The van der Waals surface area contributed by atoms with Gasteiger partial charge in [0, 0.05) is 5.69 Å². The van der Waals surface area contributed by atoms with Crippen LogP contribution < -0.4 is 11.1 Å². The van der Waals surface area contributed by atoms with Gasteiger partial charge in [-0.1, -0.05) is 24.9 Å². The first kappa shape index (κ1) is 17.4.